The van der Waals surface area contributed by atoms with E-state index in [0.717, 1.165) is 12.3 Å². The molecule has 1 aromatic heterocycles. The van der Waals surface area contributed by atoms with E-state index in [-0.39, 0.29) is 5.82 Å². The first-order valence-electron chi connectivity index (χ1n) is 7.73. The second-order valence-corrected chi connectivity index (χ2v) is 10.4. The molecule has 0 amide bonds. The van der Waals surface area contributed by atoms with Crippen molar-refractivity contribution in [2.24, 2.45) is 5.11 Å². The van der Waals surface area contributed by atoms with Crippen molar-refractivity contribution in [3.05, 3.63) is 33.2 Å². The van der Waals surface area contributed by atoms with Crippen LogP contribution in [-0.4, -0.2) is 57.5 Å². The van der Waals surface area contributed by atoms with Crippen molar-refractivity contribution in [3.63, 3.8) is 0 Å². The Labute approximate surface area is 175 Å². The summed E-state index contributed by atoms with van der Waals surface area (Å²) in [6.07, 6.45) is -1.42. The normalized spacial score (nSPS) is 26.6. The summed E-state index contributed by atoms with van der Waals surface area (Å²) in [7, 11) is -17.3. The third kappa shape index (κ3) is 6.41. The summed E-state index contributed by atoms with van der Waals surface area (Å²) < 4.78 is 51.0. The lowest BCUT2D eigenvalue weighted by molar-refractivity contribution is -0.253. The van der Waals surface area contributed by atoms with Crippen LogP contribution < -0.4 is 11.4 Å². The van der Waals surface area contributed by atoms with Crippen LogP contribution in [0.1, 0.15) is 12.6 Å². The van der Waals surface area contributed by atoms with Crippen LogP contribution in [0.25, 0.3) is 10.4 Å². The second kappa shape index (κ2) is 8.90. The average molecular weight is 524 g/mol. The molecular formula is C9H15N6O14P3. The molecule has 8 N–H and O–H groups in total. The van der Waals surface area contributed by atoms with Gasteiger partial charge < -0.3 is 40.3 Å². The van der Waals surface area contributed by atoms with E-state index in [1.54, 1.807) is 0 Å². The number of nitrogens with zero attached hydrogens (tertiary/aromatic N) is 5. The first kappa shape index (κ1) is 26.5. The Kier molecular flexibility index (Phi) is 7.38. The van der Waals surface area contributed by atoms with Gasteiger partial charge in [-0.3, -0.25) is 9.09 Å². The Morgan fingerprint density at radius 2 is 1.91 bits per heavy atom. The van der Waals surface area contributed by atoms with Gasteiger partial charge in [-0.25, -0.2) is 18.5 Å². The molecule has 23 heteroatoms. The molecule has 0 bridgehead atoms. The van der Waals surface area contributed by atoms with E-state index in [2.05, 4.69) is 28.2 Å². The number of phosphoric acid groups is 3. The minimum atomic E-state index is -5.87. The first-order chi connectivity index (χ1) is 14.4. The fourth-order valence-electron chi connectivity index (χ4n) is 2.39. The van der Waals surface area contributed by atoms with Gasteiger partial charge in [0.2, 0.25) is 11.5 Å². The topological polar surface area (TPSA) is 319 Å². The van der Waals surface area contributed by atoms with E-state index in [0.29, 0.717) is 4.57 Å². The molecule has 0 radical (unpaired) electrons. The zero-order chi connectivity index (χ0) is 24.6. The molecule has 1 saturated heterocycles. The molecule has 4 atom stereocenters. The fourth-order valence-corrected chi connectivity index (χ4v) is 5.42. The van der Waals surface area contributed by atoms with Crippen molar-refractivity contribution >= 4 is 29.3 Å². The van der Waals surface area contributed by atoms with Crippen LogP contribution >= 0.6 is 23.5 Å². The van der Waals surface area contributed by atoms with E-state index >= 15 is 0 Å². The summed E-state index contributed by atoms with van der Waals surface area (Å²) in [6, 6.07) is 1.14. The Morgan fingerprint density at radius 3 is 2.44 bits per heavy atom. The average Bonchev–Trinajstić information content (AvgIpc) is 2.81. The van der Waals surface area contributed by atoms with Crippen molar-refractivity contribution in [1.29, 1.82) is 0 Å². The number of ether oxygens (including phenoxy) is 1. The molecule has 0 aromatic carbocycles. The van der Waals surface area contributed by atoms with E-state index in [9.17, 15) is 33.6 Å². The van der Waals surface area contributed by atoms with Gasteiger partial charge in [0.25, 0.3) is 0 Å². The molecule has 180 valence electrons. The standard InChI is InChI=1S/C9H15N6O14P3/c10-5-1-2-15(7(16)12-5)6-3-9(17,18)8(27-6,13-14-11)4-26-31(22,23)29-32(24,25)28-30(19,20)21/h1-2,6,17-18H,3-4H2,(H,22,23)(H,24,25)(H2,10,12,16)(H2,19,20,21)/t6-,8-/m1/s1. The number of hydrogen-bond donors (Lipinski definition) is 7. The highest BCUT2D eigenvalue weighted by atomic mass is 31.3. The molecule has 0 spiro atoms. The third-order valence-electron chi connectivity index (χ3n) is 3.62. The molecule has 20 nitrogen and oxygen atoms in total. The first-order valence-corrected chi connectivity index (χ1v) is 12.2. The predicted molar refractivity (Wildman–Crippen MR) is 96.5 cm³/mol. The van der Waals surface area contributed by atoms with Crippen LogP contribution in [0.2, 0.25) is 0 Å². The summed E-state index contributed by atoms with van der Waals surface area (Å²) in [6.45, 7) is -1.54. The minimum absolute atomic E-state index is 0.183. The van der Waals surface area contributed by atoms with Gasteiger partial charge in [0, 0.05) is 11.1 Å². The van der Waals surface area contributed by atoms with Crippen LogP contribution in [0.15, 0.2) is 22.2 Å². The summed E-state index contributed by atoms with van der Waals surface area (Å²) >= 11 is 0. The van der Waals surface area contributed by atoms with Gasteiger partial charge in [0.1, 0.15) is 12.0 Å². The monoisotopic (exact) mass is 524 g/mol. The largest absolute Gasteiger partial charge is 0.490 e. The predicted octanol–water partition coefficient (Wildman–Crippen LogP) is -1.22. The molecule has 0 saturated carbocycles. The number of rotatable bonds is 9. The minimum Gasteiger partial charge on any atom is -0.383 e. The van der Waals surface area contributed by atoms with Gasteiger partial charge in [0.15, 0.2) is 0 Å². The van der Waals surface area contributed by atoms with E-state index in [1.165, 1.54) is 0 Å². The highest BCUT2D eigenvalue weighted by Crippen LogP contribution is 2.66. The van der Waals surface area contributed by atoms with Gasteiger partial charge >= 0.3 is 29.2 Å². The smallest absolute Gasteiger partial charge is 0.383 e. The zero-order valence-corrected chi connectivity index (χ0v) is 17.9. The summed E-state index contributed by atoms with van der Waals surface area (Å²) in [5.74, 6) is -3.34. The summed E-state index contributed by atoms with van der Waals surface area (Å²) in [5.41, 5.74) is 10.2. The Bertz CT molecular complexity index is 1130. The number of anilines is 1. The lowest BCUT2D eigenvalue weighted by Gasteiger charge is -2.32. The van der Waals surface area contributed by atoms with Crippen LogP contribution in [0.4, 0.5) is 5.82 Å². The van der Waals surface area contributed by atoms with Gasteiger partial charge in [-0.1, -0.05) is 5.11 Å². The van der Waals surface area contributed by atoms with Crippen LogP contribution in [0, 0.1) is 0 Å². The number of azide groups is 1. The highest BCUT2D eigenvalue weighted by Gasteiger charge is 2.61. The second-order valence-electron chi connectivity index (χ2n) is 5.97. The molecular weight excluding hydrogens is 509 g/mol. The molecule has 1 aromatic rings. The van der Waals surface area contributed by atoms with Crippen LogP contribution in [0.3, 0.4) is 0 Å². The van der Waals surface area contributed by atoms with Crippen molar-refractivity contribution in [2.75, 3.05) is 12.3 Å². The lowest BCUT2D eigenvalue weighted by Crippen LogP contribution is -2.52. The van der Waals surface area contributed by atoms with E-state index < -0.39 is 59.9 Å². The van der Waals surface area contributed by atoms with E-state index in [1.807, 2.05) is 0 Å². The SMILES string of the molecule is [N-]=[N+]=N[C@]1(COP(=O)(O)OP(=O)(O)OP(=O)(O)O)O[C@@H](n2ccc(N)nc2=O)CC1(O)O. The van der Waals surface area contributed by atoms with Crippen LogP contribution in [0.5, 0.6) is 0 Å². The lowest BCUT2D eigenvalue weighted by atomic mass is 10.0. The molecule has 0 aliphatic carbocycles. The summed E-state index contributed by atoms with van der Waals surface area (Å²) in [5, 5.41) is 23.5. The van der Waals surface area contributed by atoms with Gasteiger partial charge in [-0.15, -0.1) is 0 Å². The maximum absolute atomic E-state index is 11.9. The maximum atomic E-state index is 11.9. The number of nitrogens with two attached hydrogens (primary N) is 1. The highest BCUT2D eigenvalue weighted by molar-refractivity contribution is 7.66. The zero-order valence-electron chi connectivity index (χ0n) is 15.3. The van der Waals surface area contributed by atoms with Gasteiger partial charge in [-0.05, 0) is 11.6 Å². The van der Waals surface area contributed by atoms with Crippen molar-refractivity contribution in [2.45, 2.75) is 24.2 Å². The number of hydrogen-bond acceptors (Lipinski definition) is 13. The summed E-state index contributed by atoms with van der Waals surface area (Å²) in [4.78, 5) is 53.3. The quantitative estimate of drug-likeness (QED) is 0.0654. The molecule has 2 heterocycles. The third-order valence-corrected chi connectivity index (χ3v) is 7.41. The fraction of sp³-hybridized carbons (Fsp3) is 0.556. The van der Waals surface area contributed by atoms with Crippen LogP contribution in [-0.2, 0) is 31.6 Å². The maximum Gasteiger partial charge on any atom is 0.490 e. The Hall–Kier alpha value is -1.72. The number of phosphoric ester groups is 1. The molecule has 1 fully saturated rings. The molecule has 2 unspecified atom stereocenters. The Morgan fingerprint density at radius 1 is 1.28 bits per heavy atom. The van der Waals surface area contributed by atoms with Crippen molar-refractivity contribution < 1.29 is 61.4 Å². The number of nitrogen functional groups attached to an aromatic ring is 1. The Balaban J connectivity index is 2.29. The van der Waals surface area contributed by atoms with E-state index in [4.69, 9.17) is 30.7 Å². The molecule has 32 heavy (non-hydrogen) atoms. The molecule has 2 rings (SSSR count). The van der Waals surface area contributed by atoms with Crippen molar-refractivity contribution in [1.82, 2.24) is 9.55 Å². The number of aliphatic hydroxyl groups is 2. The van der Waals surface area contributed by atoms with Gasteiger partial charge in [-0.2, -0.15) is 13.6 Å². The number of aromatic nitrogens is 2. The van der Waals surface area contributed by atoms with Gasteiger partial charge in [0.05, 0.1) is 13.0 Å². The molecule has 1 aliphatic rings. The molecule has 1 aliphatic heterocycles. The van der Waals surface area contributed by atoms with Crippen molar-refractivity contribution in [3.8, 4) is 0 Å².